The van der Waals surface area contributed by atoms with Crippen LogP contribution in [0.5, 0.6) is 0 Å². The van der Waals surface area contributed by atoms with E-state index < -0.39 is 0 Å². The first-order valence-electron chi connectivity index (χ1n) is 6.42. The predicted molar refractivity (Wildman–Crippen MR) is 75.1 cm³/mol. The quantitative estimate of drug-likeness (QED) is 0.917. The molecule has 18 heavy (non-hydrogen) atoms. The Bertz CT molecular complexity index is 510. The molecule has 1 aromatic heterocycles. The van der Waals surface area contributed by atoms with Crippen molar-refractivity contribution in [3.05, 3.63) is 40.4 Å². The molecule has 1 N–H and O–H groups in total. The van der Waals surface area contributed by atoms with Crippen molar-refractivity contribution in [3.63, 3.8) is 0 Å². The molecule has 4 heteroatoms. The number of benzene rings is 1. The summed E-state index contributed by atoms with van der Waals surface area (Å²) in [5, 5.41) is 13.4. The Kier molecular flexibility index (Phi) is 3.28. The number of nitrogens with one attached hydrogen (secondary N) is 1. The van der Waals surface area contributed by atoms with Crippen LogP contribution in [0.3, 0.4) is 0 Å². The van der Waals surface area contributed by atoms with E-state index in [-0.39, 0.29) is 0 Å². The van der Waals surface area contributed by atoms with Crippen LogP contribution in [-0.2, 0) is 12.8 Å². The van der Waals surface area contributed by atoms with Crippen molar-refractivity contribution in [1.82, 2.24) is 10.2 Å². The van der Waals surface area contributed by atoms with Crippen LogP contribution in [0.1, 0.15) is 22.6 Å². The SMILES string of the molecule is Cc1nnc(NCCC2Cc3ccccc3C2)s1. The monoisotopic (exact) mass is 259 g/mol. The zero-order chi connectivity index (χ0) is 12.4. The van der Waals surface area contributed by atoms with E-state index in [1.165, 1.54) is 30.4 Å². The van der Waals surface area contributed by atoms with Crippen molar-refractivity contribution in [2.75, 3.05) is 11.9 Å². The number of fused-ring (bicyclic) bond motifs is 1. The number of rotatable bonds is 4. The Balaban J connectivity index is 1.48. The highest BCUT2D eigenvalue weighted by molar-refractivity contribution is 7.15. The van der Waals surface area contributed by atoms with Gasteiger partial charge >= 0.3 is 0 Å². The van der Waals surface area contributed by atoms with Crippen LogP contribution in [0.2, 0.25) is 0 Å². The zero-order valence-electron chi connectivity index (χ0n) is 10.5. The predicted octanol–water partition coefficient (Wildman–Crippen LogP) is 3.06. The maximum atomic E-state index is 4.08. The minimum absolute atomic E-state index is 0.781. The Morgan fingerprint density at radius 1 is 1.22 bits per heavy atom. The van der Waals surface area contributed by atoms with Gasteiger partial charge in [-0.2, -0.15) is 0 Å². The van der Waals surface area contributed by atoms with Gasteiger partial charge in [-0.05, 0) is 43.2 Å². The van der Waals surface area contributed by atoms with E-state index in [2.05, 4.69) is 39.8 Å². The van der Waals surface area contributed by atoms with E-state index >= 15 is 0 Å². The van der Waals surface area contributed by atoms with Gasteiger partial charge in [-0.1, -0.05) is 35.6 Å². The van der Waals surface area contributed by atoms with Gasteiger partial charge in [0, 0.05) is 6.54 Å². The molecule has 94 valence electrons. The number of aryl methyl sites for hydroxylation is 1. The lowest BCUT2D eigenvalue weighted by Crippen LogP contribution is -2.09. The van der Waals surface area contributed by atoms with E-state index in [1.807, 2.05) is 6.92 Å². The van der Waals surface area contributed by atoms with E-state index in [1.54, 1.807) is 11.3 Å². The third-order valence-corrected chi connectivity index (χ3v) is 4.29. The second kappa shape index (κ2) is 5.06. The van der Waals surface area contributed by atoms with Crippen molar-refractivity contribution in [3.8, 4) is 0 Å². The first kappa shape index (κ1) is 11.7. The largest absolute Gasteiger partial charge is 0.360 e. The minimum atomic E-state index is 0.781. The molecule has 1 heterocycles. The molecule has 0 aliphatic heterocycles. The highest BCUT2D eigenvalue weighted by Gasteiger charge is 2.20. The lowest BCUT2D eigenvalue weighted by Gasteiger charge is -2.08. The van der Waals surface area contributed by atoms with Crippen molar-refractivity contribution in [2.24, 2.45) is 5.92 Å². The lowest BCUT2D eigenvalue weighted by atomic mass is 10.0. The van der Waals surface area contributed by atoms with Crippen LogP contribution in [0.4, 0.5) is 5.13 Å². The van der Waals surface area contributed by atoms with Gasteiger partial charge in [0.25, 0.3) is 0 Å². The molecule has 0 radical (unpaired) electrons. The number of hydrogen-bond acceptors (Lipinski definition) is 4. The third kappa shape index (κ3) is 2.53. The van der Waals surface area contributed by atoms with E-state index in [0.29, 0.717) is 0 Å². The summed E-state index contributed by atoms with van der Waals surface area (Å²) in [5.41, 5.74) is 3.07. The molecule has 0 bridgehead atoms. The number of nitrogens with zero attached hydrogens (tertiary/aromatic N) is 2. The summed E-state index contributed by atoms with van der Waals surface area (Å²) in [6, 6.07) is 8.81. The highest BCUT2D eigenvalue weighted by Crippen LogP contribution is 2.28. The van der Waals surface area contributed by atoms with E-state index in [9.17, 15) is 0 Å². The number of hydrogen-bond donors (Lipinski definition) is 1. The molecule has 0 saturated heterocycles. The van der Waals surface area contributed by atoms with Crippen molar-refractivity contribution in [1.29, 1.82) is 0 Å². The summed E-state index contributed by atoms with van der Waals surface area (Å²) in [5.74, 6) is 0.781. The van der Waals surface area contributed by atoms with Crippen LogP contribution in [0.15, 0.2) is 24.3 Å². The Hall–Kier alpha value is -1.42. The van der Waals surface area contributed by atoms with Gasteiger partial charge in [0.05, 0.1) is 0 Å². The summed E-state index contributed by atoms with van der Waals surface area (Å²) in [4.78, 5) is 0. The summed E-state index contributed by atoms with van der Waals surface area (Å²) in [7, 11) is 0. The van der Waals surface area contributed by atoms with E-state index in [4.69, 9.17) is 0 Å². The molecule has 0 amide bonds. The van der Waals surface area contributed by atoms with Crippen molar-refractivity contribution in [2.45, 2.75) is 26.2 Å². The molecule has 1 aliphatic rings. The van der Waals surface area contributed by atoms with Gasteiger partial charge < -0.3 is 5.32 Å². The van der Waals surface area contributed by atoms with Gasteiger partial charge in [-0.3, -0.25) is 0 Å². The second-order valence-electron chi connectivity index (χ2n) is 4.88. The molecule has 1 aliphatic carbocycles. The standard InChI is InChI=1S/C14H17N3S/c1-10-16-17-14(18-10)15-7-6-11-8-12-4-2-3-5-13(12)9-11/h2-5,11H,6-9H2,1H3,(H,15,17). The summed E-state index contributed by atoms with van der Waals surface area (Å²) in [6.45, 7) is 2.98. The van der Waals surface area contributed by atoms with Crippen LogP contribution < -0.4 is 5.32 Å². The lowest BCUT2D eigenvalue weighted by molar-refractivity contribution is 0.530. The molecular weight excluding hydrogens is 242 g/mol. The number of anilines is 1. The van der Waals surface area contributed by atoms with Crippen LogP contribution in [0.25, 0.3) is 0 Å². The molecule has 0 unspecified atom stereocenters. The zero-order valence-corrected chi connectivity index (χ0v) is 11.3. The molecule has 0 fully saturated rings. The average Bonchev–Trinajstić information content (AvgIpc) is 2.95. The highest BCUT2D eigenvalue weighted by atomic mass is 32.1. The maximum Gasteiger partial charge on any atom is 0.205 e. The smallest absolute Gasteiger partial charge is 0.205 e. The fourth-order valence-corrected chi connectivity index (χ4v) is 3.22. The Morgan fingerprint density at radius 3 is 2.56 bits per heavy atom. The summed E-state index contributed by atoms with van der Waals surface area (Å²) in [6.07, 6.45) is 3.66. The van der Waals surface area contributed by atoms with Crippen LogP contribution >= 0.6 is 11.3 Å². The Labute approximate surface area is 111 Å². The third-order valence-electron chi connectivity index (χ3n) is 3.49. The van der Waals surface area contributed by atoms with Gasteiger partial charge in [0.2, 0.25) is 5.13 Å². The molecule has 3 rings (SSSR count). The molecule has 0 saturated carbocycles. The fourth-order valence-electron chi connectivity index (χ4n) is 2.61. The normalized spacial score (nSPS) is 14.7. The second-order valence-corrected chi connectivity index (χ2v) is 6.07. The summed E-state index contributed by atoms with van der Waals surface area (Å²) < 4.78 is 0. The molecule has 0 spiro atoms. The molecular formula is C14H17N3S. The van der Waals surface area contributed by atoms with E-state index in [0.717, 1.165) is 22.6 Å². The summed E-state index contributed by atoms with van der Waals surface area (Å²) >= 11 is 1.62. The minimum Gasteiger partial charge on any atom is -0.360 e. The van der Waals surface area contributed by atoms with Crippen LogP contribution in [-0.4, -0.2) is 16.7 Å². The molecule has 0 atom stereocenters. The molecule has 1 aromatic carbocycles. The van der Waals surface area contributed by atoms with Crippen LogP contribution in [0, 0.1) is 12.8 Å². The first-order chi connectivity index (χ1) is 8.81. The van der Waals surface area contributed by atoms with Gasteiger partial charge in [-0.15, -0.1) is 10.2 Å². The van der Waals surface area contributed by atoms with Gasteiger partial charge in [-0.25, -0.2) is 0 Å². The fraction of sp³-hybridized carbons (Fsp3) is 0.429. The van der Waals surface area contributed by atoms with Gasteiger partial charge in [0.15, 0.2) is 0 Å². The topological polar surface area (TPSA) is 37.8 Å². The first-order valence-corrected chi connectivity index (χ1v) is 7.23. The average molecular weight is 259 g/mol. The van der Waals surface area contributed by atoms with Gasteiger partial charge in [0.1, 0.15) is 5.01 Å². The number of aromatic nitrogens is 2. The Morgan fingerprint density at radius 2 is 1.94 bits per heavy atom. The van der Waals surface area contributed by atoms with Crippen molar-refractivity contribution < 1.29 is 0 Å². The maximum absolute atomic E-state index is 4.08. The van der Waals surface area contributed by atoms with Crippen molar-refractivity contribution >= 4 is 16.5 Å². The molecule has 3 nitrogen and oxygen atoms in total. The molecule has 2 aromatic rings.